The first-order chi connectivity index (χ1) is 8.29. The average Bonchev–Trinajstić information content (AvgIpc) is 2.79. The number of thioether (sulfide) groups is 1. The van der Waals surface area contributed by atoms with Crippen LogP contribution in [0.2, 0.25) is 0 Å². The van der Waals surface area contributed by atoms with Crippen LogP contribution in [0.25, 0.3) is 0 Å². The van der Waals surface area contributed by atoms with Crippen LogP contribution < -0.4 is 0 Å². The molecule has 2 aliphatic rings. The molecule has 17 heavy (non-hydrogen) atoms. The molecule has 0 saturated carbocycles. The van der Waals surface area contributed by atoms with E-state index in [1.54, 1.807) is 0 Å². The van der Waals surface area contributed by atoms with Gasteiger partial charge in [-0.2, -0.15) is 11.8 Å². The lowest BCUT2D eigenvalue weighted by atomic mass is 9.98. The van der Waals surface area contributed by atoms with Crippen LogP contribution in [-0.4, -0.2) is 40.7 Å². The number of hydrogen-bond acceptors (Lipinski definition) is 2. The first-order valence-corrected chi connectivity index (χ1v) is 8.98. The van der Waals surface area contributed by atoms with Crippen LogP contribution in [-0.2, 0) is 4.79 Å². The first kappa shape index (κ1) is 13.7. The number of carbonyl (C=O) groups is 1. The lowest BCUT2D eigenvalue weighted by Gasteiger charge is -2.24. The Morgan fingerprint density at radius 3 is 2.71 bits per heavy atom. The minimum atomic E-state index is 0.416. The van der Waals surface area contributed by atoms with E-state index in [1.165, 1.54) is 37.2 Å². The smallest absolute Gasteiger partial charge is 0.222 e. The average molecular weight is 320 g/mol. The molecule has 2 heterocycles. The molecule has 0 aliphatic carbocycles. The molecule has 0 N–H and O–H groups in total. The van der Waals surface area contributed by atoms with Crippen molar-refractivity contribution in [3.63, 3.8) is 0 Å². The third-order valence-corrected chi connectivity index (χ3v) is 5.47. The number of amides is 1. The van der Waals surface area contributed by atoms with E-state index in [9.17, 15) is 4.79 Å². The number of likely N-dealkylation sites (tertiary alicyclic amines) is 1. The lowest BCUT2D eigenvalue weighted by molar-refractivity contribution is -0.131. The molecule has 0 aromatic heterocycles. The van der Waals surface area contributed by atoms with Crippen molar-refractivity contribution in [2.45, 2.75) is 32.1 Å². The van der Waals surface area contributed by atoms with E-state index in [0.717, 1.165) is 30.8 Å². The Morgan fingerprint density at radius 1 is 1.24 bits per heavy atom. The Morgan fingerprint density at radius 2 is 2.00 bits per heavy atom. The molecular formula is C13H22BrNOS. The fraction of sp³-hybridized carbons (Fsp3) is 0.923. The van der Waals surface area contributed by atoms with Gasteiger partial charge in [-0.3, -0.25) is 4.79 Å². The second-order valence-electron chi connectivity index (χ2n) is 5.23. The molecule has 0 bridgehead atoms. The third kappa shape index (κ3) is 4.16. The van der Waals surface area contributed by atoms with Crippen LogP contribution in [0.3, 0.4) is 0 Å². The SMILES string of the molecule is O=C(CC1CCSCC1)N1CCC(CCBr)C1. The second kappa shape index (κ2) is 7.03. The van der Waals surface area contributed by atoms with E-state index in [-0.39, 0.29) is 0 Å². The molecule has 0 spiro atoms. The highest BCUT2D eigenvalue weighted by molar-refractivity contribution is 9.09. The molecule has 2 nitrogen and oxygen atoms in total. The highest BCUT2D eigenvalue weighted by atomic mass is 79.9. The Hall–Kier alpha value is 0.300. The molecule has 2 aliphatic heterocycles. The maximum atomic E-state index is 12.2. The van der Waals surface area contributed by atoms with E-state index < -0.39 is 0 Å². The van der Waals surface area contributed by atoms with Gasteiger partial charge in [0, 0.05) is 24.8 Å². The monoisotopic (exact) mass is 319 g/mol. The Bertz CT molecular complexity index is 256. The molecule has 1 amide bonds. The van der Waals surface area contributed by atoms with Crippen molar-refractivity contribution in [3.05, 3.63) is 0 Å². The van der Waals surface area contributed by atoms with E-state index in [4.69, 9.17) is 0 Å². The highest BCUT2D eigenvalue weighted by Crippen LogP contribution is 2.27. The third-order valence-electron chi connectivity index (χ3n) is 3.96. The van der Waals surface area contributed by atoms with Gasteiger partial charge in [0.05, 0.1) is 0 Å². The fourth-order valence-corrected chi connectivity index (χ4v) is 4.63. The summed E-state index contributed by atoms with van der Waals surface area (Å²) in [5, 5.41) is 1.07. The van der Waals surface area contributed by atoms with Gasteiger partial charge in [-0.05, 0) is 49.0 Å². The number of halogens is 1. The maximum absolute atomic E-state index is 12.2. The summed E-state index contributed by atoms with van der Waals surface area (Å²) in [5.74, 6) is 4.33. The summed E-state index contributed by atoms with van der Waals surface area (Å²) in [7, 11) is 0. The zero-order chi connectivity index (χ0) is 12.1. The molecule has 1 unspecified atom stereocenters. The number of rotatable bonds is 4. The van der Waals surface area contributed by atoms with Crippen LogP contribution in [0.5, 0.6) is 0 Å². The summed E-state index contributed by atoms with van der Waals surface area (Å²) in [6.07, 6.45) is 5.72. The van der Waals surface area contributed by atoms with Gasteiger partial charge in [0.1, 0.15) is 0 Å². The van der Waals surface area contributed by atoms with E-state index in [1.807, 2.05) is 11.8 Å². The van der Waals surface area contributed by atoms with Crippen molar-refractivity contribution in [2.24, 2.45) is 11.8 Å². The minimum Gasteiger partial charge on any atom is -0.342 e. The highest BCUT2D eigenvalue weighted by Gasteiger charge is 2.27. The number of nitrogens with zero attached hydrogens (tertiary/aromatic N) is 1. The van der Waals surface area contributed by atoms with Gasteiger partial charge < -0.3 is 4.90 Å². The van der Waals surface area contributed by atoms with Gasteiger partial charge in [0.2, 0.25) is 5.91 Å². The maximum Gasteiger partial charge on any atom is 0.222 e. The number of hydrogen-bond donors (Lipinski definition) is 0. The topological polar surface area (TPSA) is 20.3 Å². The van der Waals surface area contributed by atoms with Gasteiger partial charge in [-0.1, -0.05) is 15.9 Å². The van der Waals surface area contributed by atoms with Crippen LogP contribution in [0.1, 0.15) is 32.1 Å². The quantitative estimate of drug-likeness (QED) is 0.742. The van der Waals surface area contributed by atoms with Gasteiger partial charge >= 0.3 is 0 Å². The van der Waals surface area contributed by atoms with Crippen molar-refractivity contribution < 1.29 is 4.79 Å². The van der Waals surface area contributed by atoms with E-state index in [0.29, 0.717) is 11.8 Å². The predicted molar refractivity (Wildman–Crippen MR) is 77.8 cm³/mol. The molecule has 0 aromatic carbocycles. The van der Waals surface area contributed by atoms with E-state index >= 15 is 0 Å². The van der Waals surface area contributed by atoms with Crippen LogP contribution in [0.15, 0.2) is 0 Å². The van der Waals surface area contributed by atoms with Crippen molar-refractivity contribution in [1.29, 1.82) is 0 Å². The summed E-state index contributed by atoms with van der Waals surface area (Å²) < 4.78 is 0. The summed E-state index contributed by atoms with van der Waals surface area (Å²) in [6.45, 7) is 2.00. The number of alkyl halides is 1. The fourth-order valence-electron chi connectivity index (χ4n) is 2.78. The van der Waals surface area contributed by atoms with Gasteiger partial charge in [0.25, 0.3) is 0 Å². The summed E-state index contributed by atoms with van der Waals surface area (Å²) >= 11 is 5.53. The normalized spacial score (nSPS) is 26.4. The zero-order valence-electron chi connectivity index (χ0n) is 10.4. The van der Waals surface area contributed by atoms with Crippen molar-refractivity contribution in [3.8, 4) is 0 Å². The summed E-state index contributed by atoms with van der Waals surface area (Å²) in [4.78, 5) is 14.3. The first-order valence-electron chi connectivity index (χ1n) is 6.71. The largest absolute Gasteiger partial charge is 0.342 e. The molecule has 1 atom stereocenters. The lowest BCUT2D eigenvalue weighted by Crippen LogP contribution is -2.31. The van der Waals surface area contributed by atoms with Gasteiger partial charge in [-0.15, -0.1) is 0 Å². The molecule has 0 aromatic rings. The molecule has 98 valence electrons. The van der Waals surface area contributed by atoms with Gasteiger partial charge in [-0.25, -0.2) is 0 Å². The Labute approximate surface area is 117 Å². The van der Waals surface area contributed by atoms with E-state index in [2.05, 4.69) is 20.8 Å². The predicted octanol–water partition coefficient (Wildman–Crippen LogP) is 3.15. The summed E-state index contributed by atoms with van der Waals surface area (Å²) in [6, 6.07) is 0. The minimum absolute atomic E-state index is 0.416. The van der Waals surface area contributed by atoms with Crippen LogP contribution in [0.4, 0.5) is 0 Å². The van der Waals surface area contributed by atoms with Crippen molar-refractivity contribution in [2.75, 3.05) is 29.9 Å². The number of carbonyl (C=O) groups excluding carboxylic acids is 1. The Balaban J connectivity index is 1.72. The molecule has 2 rings (SSSR count). The van der Waals surface area contributed by atoms with Crippen LogP contribution >= 0.6 is 27.7 Å². The molecule has 4 heteroatoms. The van der Waals surface area contributed by atoms with Crippen molar-refractivity contribution in [1.82, 2.24) is 4.90 Å². The molecule has 0 radical (unpaired) electrons. The molecular weight excluding hydrogens is 298 g/mol. The standard InChI is InChI=1S/C13H22BrNOS/c14-5-1-12-2-6-15(10-12)13(16)9-11-3-7-17-8-4-11/h11-12H,1-10H2. The summed E-state index contributed by atoms with van der Waals surface area (Å²) in [5.41, 5.74) is 0. The van der Waals surface area contributed by atoms with Gasteiger partial charge in [0.15, 0.2) is 0 Å². The van der Waals surface area contributed by atoms with Crippen LogP contribution in [0, 0.1) is 11.8 Å². The second-order valence-corrected chi connectivity index (χ2v) is 7.25. The molecule has 2 fully saturated rings. The zero-order valence-corrected chi connectivity index (χ0v) is 12.8. The van der Waals surface area contributed by atoms with Crippen molar-refractivity contribution >= 4 is 33.6 Å². The molecule has 2 saturated heterocycles. The Kier molecular flexibility index (Phi) is 5.67.